The molecule has 0 aliphatic rings. The van der Waals surface area contributed by atoms with Crippen molar-refractivity contribution < 1.29 is 4.79 Å². The van der Waals surface area contributed by atoms with Gasteiger partial charge in [-0.1, -0.05) is 36.7 Å². The van der Waals surface area contributed by atoms with Gasteiger partial charge in [-0.25, -0.2) is 0 Å². The van der Waals surface area contributed by atoms with Crippen molar-refractivity contribution in [2.24, 2.45) is 5.41 Å². The number of hydrogen-bond donors (Lipinski definition) is 1. The van der Waals surface area contributed by atoms with Crippen LogP contribution in [0.15, 0.2) is 22.7 Å². The second-order valence-corrected chi connectivity index (χ2v) is 6.00. The third kappa shape index (κ3) is 4.58. The Morgan fingerprint density at radius 1 is 1.47 bits per heavy atom. The van der Waals surface area contributed by atoms with Gasteiger partial charge in [-0.3, -0.25) is 4.79 Å². The van der Waals surface area contributed by atoms with E-state index in [1.165, 1.54) is 0 Å². The van der Waals surface area contributed by atoms with Crippen molar-refractivity contribution in [3.8, 4) is 6.07 Å². The number of nitrogens with zero attached hydrogens (tertiary/aromatic N) is 1. The number of benzene rings is 1. The second kappa shape index (κ2) is 5.33. The van der Waals surface area contributed by atoms with Crippen molar-refractivity contribution in [3.05, 3.63) is 28.2 Å². The molecule has 0 atom stereocenters. The Bertz CT molecular complexity index is 469. The maximum atomic E-state index is 11.7. The van der Waals surface area contributed by atoms with Crippen LogP contribution in [0.3, 0.4) is 0 Å². The largest absolute Gasteiger partial charge is 0.325 e. The average Bonchev–Trinajstić information content (AvgIpc) is 2.17. The molecule has 0 radical (unpaired) electrons. The Hall–Kier alpha value is -1.34. The molecule has 0 fully saturated rings. The maximum Gasteiger partial charge on any atom is 0.224 e. The van der Waals surface area contributed by atoms with Gasteiger partial charge in [0.15, 0.2) is 0 Å². The number of nitriles is 1. The molecule has 0 heterocycles. The molecule has 1 aromatic carbocycles. The summed E-state index contributed by atoms with van der Waals surface area (Å²) in [5.74, 6) is -0.0728. The van der Waals surface area contributed by atoms with E-state index >= 15 is 0 Å². The second-order valence-electron chi connectivity index (χ2n) is 5.09. The van der Waals surface area contributed by atoms with E-state index in [4.69, 9.17) is 5.26 Å². The third-order valence-electron chi connectivity index (χ3n) is 2.07. The molecule has 1 aromatic rings. The van der Waals surface area contributed by atoms with E-state index in [9.17, 15) is 4.79 Å². The summed E-state index contributed by atoms with van der Waals surface area (Å²) < 4.78 is 0.822. The monoisotopic (exact) mass is 294 g/mol. The summed E-state index contributed by atoms with van der Waals surface area (Å²) in [6.07, 6.45) is 0.425. The van der Waals surface area contributed by atoms with Gasteiger partial charge in [0.1, 0.15) is 6.07 Å². The van der Waals surface area contributed by atoms with E-state index in [0.29, 0.717) is 17.7 Å². The lowest BCUT2D eigenvalue weighted by Gasteiger charge is -2.17. The van der Waals surface area contributed by atoms with Gasteiger partial charge >= 0.3 is 0 Å². The Morgan fingerprint density at radius 2 is 2.12 bits per heavy atom. The van der Waals surface area contributed by atoms with E-state index in [0.717, 1.165) is 4.47 Å². The van der Waals surface area contributed by atoms with Crippen LogP contribution in [0, 0.1) is 16.7 Å². The third-order valence-corrected chi connectivity index (χ3v) is 2.56. The summed E-state index contributed by atoms with van der Waals surface area (Å²) in [7, 11) is 0. The first-order valence-corrected chi connectivity index (χ1v) is 6.10. The van der Waals surface area contributed by atoms with Crippen LogP contribution in [0.4, 0.5) is 5.69 Å². The van der Waals surface area contributed by atoms with Crippen LogP contribution in [0.25, 0.3) is 0 Å². The standard InChI is InChI=1S/C13H15BrN2O/c1-13(2,3)7-12(17)16-11-5-4-10(14)6-9(11)8-15/h4-6H,7H2,1-3H3,(H,16,17). The zero-order valence-electron chi connectivity index (χ0n) is 10.2. The Kier molecular flexibility index (Phi) is 4.30. The molecule has 0 saturated heterocycles. The minimum absolute atomic E-state index is 0.0632. The zero-order chi connectivity index (χ0) is 13.1. The summed E-state index contributed by atoms with van der Waals surface area (Å²) in [5, 5.41) is 11.7. The van der Waals surface area contributed by atoms with Crippen LogP contribution in [0.1, 0.15) is 32.8 Å². The van der Waals surface area contributed by atoms with Gasteiger partial charge in [0.25, 0.3) is 0 Å². The first-order valence-electron chi connectivity index (χ1n) is 5.31. The predicted octanol–water partition coefficient (Wildman–Crippen LogP) is 3.70. The summed E-state index contributed by atoms with van der Waals surface area (Å²) in [5.41, 5.74) is 0.957. The van der Waals surface area contributed by atoms with Crippen molar-refractivity contribution in [1.29, 1.82) is 5.26 Å². The van der Waals surface area contributed by atoms with Crippen molar-refractivity contribution >= 4 is 27.5 Å². The lowest BCUT2D eigenvalue weighted by Crippen LogP contribution is -2.20. The highest BCUT2D eigenvalue weighted by atomic mass is 79.9. The van der Waals surface area contributed by atoms with E-state index in [-0.39, 0.29) is 11.3 Å². The van der Waals surface area contributed by atoms with Crippen LogP contribution in [-0.2, 0) is 4.79 Å². The molecule has 0 unspecified atom stereocenters. The maximum absolute atomic E-state index is 11.7. The summed E-state index contributed by atoms with van der Waals surface area (Å²) in [6, 6.07) is 7.27. The Morgan fingerprint density at radius 3 is 2.65 bits per heavy atom. The van der Waals surface area contributed by atoms with Crippen LogP contribution >= 0.6 is 15.9 Å². The smallest absolute Gasteiger partial charge is 0.224 e. The van der Waals surface area contributed by atoms with Crippen LogP contribution < -0.4 is 5.32 Å². The number of nitrogens with one attached hydrogen (secondary N) is 1. The number of rotatable bonds is 2. The number of carbonyl (C=O) groups excluding carboxylic acids is 1. The number of halogens is 1. The van der Waals surface area contributed by atoms with Gasteiger partial charge in [-0.15, -0.1) is 0 Å². The van der Waals surface area contributed by atoms with E-state index < -0.39 is 0 Å². The van der Waals surface area contributed by atoms with Crippen molar-refractivity contribution in [2.45, 2.75) is 27.2 Å². The summed E-state index contributed by atoms with van der Waals surface area (Å²) in [6.45, 7) is 6.00. The fourth-order valence-electron chi connectivity index (χ4n) is 1.39. The Labute approximate surface area is 110 Å². The zero-order valence-corrected chi connectivity index (χ0v) is 11.8. The van der Waals surface area contributed by atoms with E-state index in [1.807, 2.05) is 20.8 Å². The van der Waals surface area contributed by atoms with Gasteiger partial charge < -0.3 is 5.32 Å². The highest BCUT2D eigenvalue weighted by Crippen LogP contribution is 2.23. The van der Waals surface area contributed by atoms with Crippen LogP contribution in [0.2, 0.25) is 0 Å². The molecule has 1 amide bonds. The number of amides is 1. The molecule has 1 rings (SSSR count). The van der Waals surface area contributed by atoms with Crippen LogP contribution in [-0.4, -0.2) is 5.91 Å². The predicted molar refractivity (Wildman–Crippen MR) is 71.6 cm³/mol. The summed E-state index contributed by atoms with van der Waals surface area (Å²) in [4.78, 5) is 11.7. The van der Waals surface area contributed by atoms with Crippen LogP contribution in [0.5, 0.6) is 0 Å². The molecule has 90 valence electrons. The SMILES string of the molecule is CC(C)(C)CC(=O)Nc1ccc(Br)cc1C#N. The molecule has 0 aromatic heterocycles. The number of carbonyl (C=O) groups is 1. The first-order chi connectivity index (χ1) is 7.81. The highest BCUT2D eigenvalue weighted by Gasteiger charge is 2.16. The molecule has 0 spiro atoms. The average molecular weight is 295 g/mol. The molecular formula is C13H15BrN2O. The molecule has 0 aliphatic heterocycles. The Balaban J connectivity index is 2.83. The van der Waals surface area contributed by atoms with Crippen molar-refractivity contribution in [1.82, 2.24) is 0 Å². The summed E-state index contributed by atoms with van der Waals surface area (Å²) >= 11 is 3.29. The first kappa shape index (κ1) is 13.7. The van der Waals surface area contributed by atoms with Gasteiger partial charge in [-0.2, -0.15) is 5.26 Å². The fourth-order valence-corrected chi connectivity index (χ4v) is 1.76. The highest BCUT2D eigenvalue weighted by molar-refractivity contribution is 9.10. The van der Waals surface area contributed by atoms with Gasteiger partial charge in [0.2, 0.25) is 5.91 Å². The van der Waals surface area contributed by atoms with Crippen molar-refractivity contribution in [2.75, 3.05) is 5.32 Å². The minimum Gasteiger partial charge on any atom is -0.325 e. The number of hydrogen-bond acceptors (Lipinski definition) is 2. The molecular weight excluding hydrogens is 280 g/mol. The van der Waals surface area contributed by atoms with Gasteiger partial charge in [0, 0.05) is 10.9 Å². The van der Waals surface area contributed by atoms with E-state index in [2.05, 4.69) is 27.3 Å². The van der Waals surface area contributed by atoms with Gasteiger partial charge in [0.05, 0.1) is 11.3 Å². The quantitative estimate of drug-likeness (QED) is 0.904. The lowest BCUT2D eigenvalue weighted by molar-refractivity contribution is -0.117. The lowest BCUT2D eigenvalue weighted by atomic mass is 9.92. The van der Waals surface area contributed by atoms with Crippen molar-refractivity contribution in [3.63, 3.8) is 0 Å². The molecule has 4 heteroatoms. The fraction of sp³-hybridized carbons (Fsp3) is 0.385. The molecule has 0 bridgehead atoms. The molecule has 0 saturated carbocycles. The molecule has 3 nitrogen and oxygen atoms in total. The number of anilines is 1. The molecule has 17 heavy (non-hydrogen) atoms. The normalized spacial score (nSPS) is 10.8. The minimum atomic E-state index is -0.0728. The topological polar surface area (TPSA) is 52.9 Å². The molecule has 1 N–H and O–H groups in total. The van der Waals surface area contributed by atoms with E-state index in [1.54, 1.807) is 18.2 Å². The molecule has 0 aliphatic carbocycles. The van der Waals surface area contributed by atoms with Gasteiger partial charge in [-0.05, 0) is 23.6 Å².